The van der Waals surface area contributed by atoms with Crippen LogP contribution in [0.2, 0.25) is 10.0 Å². The summed E-state index contributed by atoms with van der Waals surface area (Å²) in [6.45, 7) is 0. The van der Waals surface area contributed by atoms with Gasteiger partial charge in [0.2, 0.25) is 0 Å². The van der Waals surface area contributed by atoms with Crippen molar-refractivity contribution in [3.63, 3.8) is 0 Å². The van der Waals surface area contributed by atoms with Crippen LogP contribution in [0.5, 0.6) is 23.0 Å². The topological polar surface area (TPSA) is 111 Å². The van der Waals surface area contributed by atoms with Crippen LogP contribution in [0.15, 0.2) is 82.4 Å². The summed E-state index contributed by atoms with van der Waals surface area (Å²) in [5.74, 6) is 0.129. The molecule has 0 atom stereocenters. The largest absolute Gasteiger partial charge is 0.496 e. The average Bonchev–Trinajstić information content (AvgIpc) is 3.43. The lowest BCUT2D eigenvalue weighted by molar-refractivity contribution is 0.0726. The van der Waals surface area contributed by atoms with E-state index in [9.17, 15) is 9.59 Å². The number of nitrogens with zero attached hydrogens (tertiary/aromatic N) is 1. The quantitative estimate of drug-likeness (QED) is 0.0701. The molecule has 0 unspecified atom stereocenters. The third kappa shape index (κ3) is 6.23. The summed E-state index contributed by atoms with van der Waals surface area (Å²) in [7, 11) is 4.43. The molecule has 12 heteroatoms. The van der Waals surface area contributed by atoms with Crippen molar-refractivity contribution in [2.45, 2.75) is 0 Å². The van der Waals surface area contributed by atoms with Gasteiger partial charge >= 0.3 is 5.97 Å². The Balaban J connectivity index is 1.40. The summed E-state index contributed by atoms with van der Waals surface area (Å²) in [6.07, 6.45) is 1.43. The highest BCUT2D eigenvalue weighted by Crippen LogP contribution is 2.43. The maximum absolute atomic E-state index is 13.5. The number of carbonyl (C=O) groups is 2. The van der Waals surface area contributed by atoms with Gasteiger partial charge in [-0.05, 0) is 60.2 Å². The normalized spacial score (nSPS) is 11.0. The summed E-state index contributed by atoms with van der Waals surface area (Å²) in [6, 6.07) is 20.3. The van der Waals surface area contributed by atoms with Crippen LogP contribution in [0.3, 0.4) is 0 Å². The maximum atomic E-state index is 13.5. The molecular formula is C32H24BrCl2N3O6. The molecule has 0 aliphatic heterocycles. The zero-order valence-corrected chi connectivity index (χ0v) is 26.6. The number of methoxy groups -OCH3 is 3. The Hall–Kier alpha value is -4.51. The van der Waals surface area contributed by atoms with Gasteiger partial charge in [0.25, 0.3) is 5.91 Å². The van der Waals surface area contributed by atoms with Crippen LogP contribution in [0.4, 0.5) is 0 Å². The lowest BCUT2D eigenvalue weighted by Gasteiger charge is -2.12. The monoisotopic (exact) mass is 695 g/mol. The fourth-order valence-corrected chi connectivity index (χ4v) is 5.51. The van der Waals surface area contributed by atoms with E-state index in [1.54, 1.807) is 49.6 Å². The summed E-state index contributed by atoms with van der Waals surface area (Å²) in [4.78, 5) is 29.5. The van der Waals surface area contributed by atoms with Gasteiger partial charge in [-0.1, -0.05) is 57.3 Å². The van der Waals surface area contributed by atoms with Gasteiger partial charge in [-0.3, -0.25) is 4.79 Å². The molecule has 0 radical (unpaired) electrons. The number of aromatic amines is 1. The van der Waals surface area contributed by atoms with Gasteiger partial charge in [0.15, 0.2) is 11.5 Å². The van der Waals surface area contributed by atoms with Crippen LogP contribution >= 0.6 is 39.1 Å². The number of fused-ring (bicyclic) bond motifs is 1. The number of amides is 1. The van der Waals surface area contributed by atoms with Crippen LogP contribution in [0.1, 0.15) is 26.4 Å². The number of hydrogen-bond acceptors (Lipinski definition) is 7. The van der Waals surface area contributed by atoms with Crippen molar-refractivity contribution in [1.29, 1.82) is 0 Å². The zero-order valence-electron chi connectivity index (χ0n) is 23.5. The molecule has 0 aliphatic rings. The molecule has 224 valence electrons. The van der Waals surface area contributed by atoms with Crippen LogP contribution in [0, 0.1) is 0 Å². The molecule has 9 nitrogen and oxygen atoms in total. The van der Waals surface area contributed by atoms with E-state index in [-0.39, 0.29) is 22.8 Å². The Morgan fingerprint density at radius 2 is 1.57 bits per heavy atom. The predicted octanol–water partition coefficient (Wildman–Crippen LogP) is 7.91. The molecule has 0 aliphatic carbocycles. The van der Waals surface area contributed by atoms with E-state index in [2.05, 4.69) is 31.4 Å². The number of hydrogen-bond donors (Lipinski definition) is 2. The Labute approximate surface area is 270 Å². The third-order valence-electron chi connectivity index (χ3n) is 6.61. The van der Waals surface area contributed by atoms with Gasteiger partial charge < -0.3 is 23.9 Å². The van der Waals surface area contributed by atoms with Crippen molar-refractivity contribution < 1.29 is 28.5 Å². The Bertz CT molecular complexity index is 1920. The number of hydrazone groups is 1. The lowest BCUT2D eigenvalue weighted by Crippen LogP contribution is -2.19. The highest BCUT2D eigenvalue weighted by atomic mass is 79.9. The lowest BCUT2D eigenvalue weighted by atomic mass is 10.0. The Morgan fingerprint density at radius 3 is 2.30 bits per heavy atom. The van der Waals surface area contributed by atoms with Gasteiger partial charge in [0, 0.05) is 31.0 Å². The van der Waals surface area contributed by atoms with Crippen molar-refractivity contribution >= 4 is 68.1 Å². The number of aromatic nitrogens is 1. The van der Waals surface area contributed by atoms with Crippen LogP contribution in [0.25, 0.3) is 22.0 Å². The second-order valence-corrected chi connectivity index (χ2v) is 10.9. The SMILES string of the molecule is COc1cc(C=NNC(=O)c2[nH]c3c(OC)ccc(Br)c3c2-c2ccccc2Cl)ccc1OC(=O)c1cc(Cl)ccc1OC. The molecule has 0 fully saturated rings. The average molecular weight is 697 g/mol. The zero-order chi connectivity index (χ0) is 31.4. The predicted molar refractivity (Wildman–Crippen MR) is 174 cm³/mol. The highest BCUT2D eigenvalue weighted by molar-refractivity contribution is 9.10. The van der Waals surface area contributed by atoms with Gasteiger partial charge in [-0.25, -0.2) is 10.2 Å². The molecule has 0 bridgehead atoms. The Kier molecular flexibility index (Phi) is 9.43. The number of benzene rings is 4. The fraction of sp³-hybridized carbons (Fsp3) is 0.0938. The number of ether oxygens (including phenoxy) is 4. The number of nitrogens with one attached hydrogen (secondary N) is 2. The second kappa shape index (κ2) is 13.4. The van der Waals surface area contributed by atoms with Crippen molar-refractivity contribution in [2.75, 3.05) is 21.3 Å². The fourth-order valence-electron chi connectivity index (χ4n) is 4.58. The van der Waals surface area contributed by atoms with Gasteiger partial charge in [0.05, 0.1) is 33.1 Å². The third-order valence-corrected chi connectivity index (χ3v) is 7.83. The van der Waals surface area contributed by atoms with Crippen LogP contribution in [-0.2, 0) is 0 Å². The summed E-state index contributed by atoms with van der Waals surface area (Å²) in [5, 5.41) is 5.71. The molecule has 0 spiro atoms. The summed E-state index contributed by atoms with van der Waals surface area (Å²) < 4.78 is 22.5. The molecule has 44 heavy (non-hydrogen) atoms. The number of halogens is 3. The molecule has 1 heterocycles. The van der Waals surface area contributed by atoms with Crippen molar-refractivity contribution in [3.05, 3.63) is 104 Å². The molecule has 0 saturated heterocycles. The van der Waals surface area contributed by atoms with E-state index in [1.165, 1.54) is 26.5 Å². The van der Waals surface area contributed by atoms with E-state index < -0.39 is 11.9 Å². The first kappa shape index (κ1) is 30.9. The van der Waals surface area contributed by atoms with E-state index >= 15 is 0 Å². The highest BCUT2D eigenvalue weighted by Gasteiger charge is 2.24. The minimum absolute atomic E-state index is 0.160. The number of H-pyrrole nitrogens is 1. The van der Waals surface area contributed by atoms with Crippen LogP contribution < -0.4 is 24.4 Å². The first-order valence-electron chi connectivity index (χ1n) is 13.0. The summed E-state index contributed by atoms with van der Waals surface area (Å²) >= 11 is 16.2. The maximum Gasteiger partial charge on any atom is 0.347 e. The van der Waals surface area contributed by atoms with E-state index in [0.29, 0.717) is 43.8 Å². The molecule has 5 rings (SSSR count). The minimum atomic E-state index is -0.674. The molecule has 1 amide bonds. The number of carbonyl (C=O) groups excluding carboxylic acids is 2. The molecule has 1 aromatic heterocycles. The first-order chi connectivity index (χ1) is 21.2. The molecule has 4 aromatic carbocycles. The molecule has 0 saturated carbocycles. The smallest absolute Gasteiger partial charge is 0.347 e. The standard InChI is InChI=1S/C32H24BrCl2N3O6/c1-41-23-12-9-18(34)15-20(23)32(40)44-24-11-8-17(14-26(24)43-3)16-36-38-31(39)30-27(19-6-4-5-7-22(19)35)28-21(33)10-13-25(42-2)29(28)37-30/h4-16,37H,1-3H3,(H,38,39). The van der Waals surface area contributed by atoms with E-state index in [0.717, 1.165) is 9.86 Å². The Morgan fingerprint density at radius 1 is 0.864 bits per heavy atom. The summed E-state index contributed by atoms with van der Waals surface area (Å²) in [5.41, 5.74) is 5.41. The van der Waals surface area contributed by atoms with Crippen molar-refractivity contribution in [2.24, 2.45) is 5.10 Å². The molecule has 5 aromatic rings. The number of rotatable bonds is 9. The van der Waals surface area contributed by atoms with Crippen LogP contribution in [-0.4, -0.2) is 44.4 Å². The van der Waals surface area contributed by atoms with E-state index in [4.69, 9.17) is 42.1 Å². The van der Waals surface area contributed by atoms with Gasteiger partial charge in [0.1, 0.15) is 22.8 Å². The van der Waals surface area contributed by atoms with E-state index in [1.807, 2.05) is 24.3 Å². The van der Waals surface area contributed by atoms with Gasteiger partial charge in [-0.2, -0.15) is 5.10 Å². The minimum Gasteiger partial charge on any atom is -0.496 e. The molecular weight excluding hydrogens is 673 g/mol. The van der Waals surface area contributed by atoms with Gasteiger partial charge in [-0.15, -0.1) is 0 Å². The first-order valence-corrected chi connectivity index (χ1v) is 14.5. The number of esters is 1. The van der Waals surface area contributed by atoms with Crippen molar-refractivity contribution in [3.8, 4) is 34.1 Å². The second-order valence-electron chi connectivity index (χ2n) is 9.20. The van der Waals surface area contributed by atoms with Crippen molar-refractivity contribution in [1.82, 2.24) is 10.4 Å². The molecule has 2 N–H and O–H groups in total.